The number of nitrogens with one attached hydrogen (secondary N) is 1. The molecule has 1 rings (SSSR count). The SMILES string of the molecule is CNC1CCCCC(CCCOCC(F)(F)F)C1. The summed E-state index contributed by atoms with van der Waals surface area (Å²) < 4.78 is 40.2. The first-order chi connectivity index (χ1) is 8.51. The molecule has 0 saturated heterocycles. The van der Waals surface area contributed by atoms with Crippen LogP contribution in [0.5, 0.6) is 0 Å². The first kappa shape index (κ1) is 15.8. The molecule has 1 saturated carbocycles. The van der Waals surface area contributed by atoms with Crippen LogP contribution in [0.4, 0.5) is 13.2 Å². The molecule has 2 atom stereocenters. The molecule has 18 heavy (non-hydrogen) atoms. The number of halogens is 3. The van der Waals surface area contributed by atoms with Gasteiger partial charge in [-0.15, -0.1) is 0 Å². The van der Waals surface area contributed by atoms with E-state index in [1.807, 2.05) is 7.05 Å². The molecule has 2 nitrogen and oxygen atoms in total. The predicted molar refractivity (Wildman–Crippen MR) is 65.5 cm³/mol. The average molecular weight is 267 g/mol. The number of ether oxygens (including phenoxy) is 1. The summed E-state index contributed by atoms with van der Waals surface area (Å²) in [6.07, 6.45) is 3.59. The van der Waals surface area contributed by atoms with E-state index in [4.69, 9.17) is 0 Å². The number of hydrogen-bond acceptors (Lipinski definition) is 2. The molecule has 108 valence electrons. The minimum atomic E-state index is -4.19. The normalized spacial score (nSPS) is 26.0. The number of alkyl halides is 3. The Morgan fingerprint density at radius 3 is 2.61 bits per heavy atom. The van der Waals surface area contributed by atoms with Crippen LogP contribution in [0.1, 0.15) is 44.9 Å². The zero-order valence-corrected chi connectivity index (χ0v) is 11.1. The van der Waals surface area contributed by atoms with Gasteiger partial charge in [-0.25, -0.2) is 0 Å². The van der Waals surface area contributed by atoms with Crippen molar-refractivity contribution in [3.8, 4) is 0 Å². The molecule has 2 unspecified atom stereocenters. The fourth-order valence-electron chi connectivity index (χ4n) is 2.65. The van der Waals surface area contributed by atoms with Crippen LogP contribution in [0.25, 0.3) is 0 Å². The van der Waals surface area contributed by atoms with Crippen LogP contribution < -0.4 is 5.32 Å². The quantitative estimate of drug-likeness (QED) is 0.587. The van der Waals surface area contributed by atoms with E-state index < -0.39 is 12.8 Å². The standard InChI is InChI=1S/C13H24F3NO/c1-17-12-7-3-2-5-11(9-12)6-4-8-18-10-13(14,15)16/h11-12,17H,2-10H2,1H3. The molecule has 0 aromatic rings. The number of hydrogen-bond donors (Lipinski definition) is 1. The van der Waals surface area contributed by atoms with E-state index in [1.54, 1.807) is 0 Å². The van der Waals surface area contributed by atoms with Crippen LogP contribution >= 0.6 is 0 Å². The van der Waals surface area contributed by atoms with Crippen LogP contribution in [0.2, 0.25) is 0 Å². The second kappa shape index (κ2) is 8.00. The van der Waals surface area contributed by atoms with Gasteiger partial charge in [0.1, 0.15) is 6.61 Å². The summed E-state index contributed by atoms with van der Waals surface area (Å²) in [5.41, 5.74) is 0. The van der Waals surface area contributed by atoms with Crippen molar-refractivity contribution in [1.82, 2.24) is 5.32 Å². The van der Waals surface area contributed by atoms with Gasteiger partial charge >= 0.3 is 6.18 Å². The molecular weight excluding hydrogens is 243 g/mol. The Balaban J connectivity index is 2.10. The zero-order chi connectivity index (χ0) is 13.4. The molecule has 0 heterocycles. The van der Waals surface area contributed by atoms with E-state index in [0.717, 1.165) is 19.3 Å². The maximum atomic E-state index is 11.9. The van der Waals surface area contributed by atoms with Crippen molar-refractivity contribution in [2.75, 3.05) is 20.3 Å². The van der Waals surface area contributed by atoms with Crippen molar-refractivity contribution in [2.45, 2.75) is 57.2 Å². The lowest BCUT2D eigenvalue weighted by Crippen LogP contribution is -2.26. The van der Waals surface area contributed by atoms with Crippen molar-refractivity contribution in [3.63, 3.8) is 0 Å². The molecule has 1 fully saturated rings. The fraction of sp³-hybridized carbons (Fsp3) is 1.00. The molecule has 0 aromatic carbocycles. The molecule has 0 amide bonds. The zero-order valence-electron chi connectivity index (χ0n) is 11.1. The van der Waals surface area contributed by atoms with Gasteiger partial charge in [0.15, 0.2) is 0 Å². The van der Waals surface area contributed by atoms with Gasteiger partial charge in [-0.2, -0.15) is 13.2 Å². The van der Waals surface area contributed by atoms with Crippen LogP contribution in [0.15, 0.2) is 0 Å². The molecule has 0 aliphatic heterocycles. The smallest absolute Gasteiger partial charge is 0.372 e. The van der Waals surface area contributed by atoms with Gasteiger partial charge in [0.2, 0.25) is 0 Å². The van der Waals surface area contributed by atoms with Crippen molar-refractivity contribution in [3.05, 3.63) is 0 Å². The molecule has 0 spiro atoms. The van der Waals surface area contributed by atoms with E-state index in [1.165, 1.54) is 25.7 Å². The third-order valence-corrected chi connectivity index (χ3v) is 3.61. The predicted octanol–water partition coefficient (Wildman–Crippen LogP) is 3.51. The number of rotatable bonds is 6. The maximum Gasteiger partial charge on any atom is 0.411 e. The van der Waals surface area contributed by atoms with E-state index in [2.05, 4.69) is 10.1 Å². The third kappa shape index (κ3) is 7.21. The van der Waals surface area contributed by atoms with E-state index >= 15 is 0 Å². The Labute approximate surface area is 107 Å². The summed E-state index contributed by atoms with van der Waals surface area (Å²) in [6.45, 7) is -0.892. The molecule has 0 bridgehead atoms. The van der Waals surface area contributed by atoms with Gasteiger partial charge < -0.3 is 10.1 Å². The van der Waals surface area contributed by atoms with Gasteiger partial charge in [-0.3, -0.25) is 0 Å². The highest BCUT2D eigenvalue weighted by Crippen LogP contribution is 2.26. The van der Waals surface area contributed by atoms with Crippen LogP contribution in [-0.2, 0) is 4.74 Å². The Morgan fingerprint density at radius 2 is 1.94 bits per heavy atom. The topological polar surface area (TPSA) is 21.3 Å². The molecule has 5 heteroatoms. The van der Waals surface area contributed by atoms with Gasteiger partial charge in [0.25, 0.3) is 0 Å². The fourth-order valence-corrected chi connectivity index (χ4v) is 2.65. The Kier molecular flexibility index (Phi) is 7.00. The summed E-state index contributed by atoms with van der Waals surface area (Å²) in [6, 6.07) is 0.577. The summed E-state index contributed by atoms with van der Waals surface area (Å²) in [4.78, 5) is 0. The summed E-state index contributed by atoms with van der Waals surface area (Å²) >= 11 is 0. The van der Waals surface area contributed by atoms with Crippen molar-refractivity contribution in [1.29, 1.82) is 0 Å². The van der Waals surface area contributed by atoms with Crippen molar-refractivity contribution < 1.29 is 17.9 Å². The molecule has 0 aromatic heterocycles. The van der Waals surface area contributed by atoms with E-state index in [-0.39, 0.29) is 6.61 Å². The van der Waals surface area contributed by atoms with E-state index in [0.29, 0.717) is 12.0 Å². The largest absolute Gasteiger partial charge is 0.411 e. The summed E-state index contributed by atoms with van der Waals surface area (Å²) in [5.74, 6) is 0.638. The highest BCUT2D eigenvalue weighted by Gasteiger charge is 2.27. The van der Waals surface area contributed by atoms with Crippen LogP contribution in [0.3, 0.4) is 0 Å². The second-order valence-corrected chi connectivity index (χ2v) is 5.18. The van der Waals surface area contributed by atoms with Gasteiger partial charge in [0, 0.05) is 12.6 Å². The Hall–Kier alpha value is -0.290. The average Bonchev–Trinajstić information content (AvgIpc) is 2.52. The van der Waals surface area contributed by atoms with E-state index in [9.17, 15) is 13.2 Å². The minimum Gasteiger partial charge on any atom is -0.372 e. The first-order valence-corrected chi connectivity index (χ1v) is 6.83. The van der Waals surface area contributed by atoms with Gasteiger partial charge in [-0.05, 0) is 38.6 Å². The minimum absolute atomic E-state index is 0.222. The third-order valence-electron chi connectivity index (χ3n) is 3.61. The van der Waals surface area contributed by atoms with Crippen molar-refractivity contribution in [2.24, 2.45) is 5.92 Å². The first-order valence-electron chi connectivity index (χ1n) is 6.83. The molecule has 1 aliphatic carbocycles. The van der Waals surface area contributed by atoms with Crippen LogP contribution in [-0.4, -0.2) is 32.5 Å². The maximum absolute atomic E-state index is 11.9. The molecule has 0 radical (unpaired) electrons. The van der Waals surface area contributed by atoms with Crippen molar-refractivity contribution >= 4 is 0 Å². The second-order valence-electron chi connectivity index (χ2n) is 5.18. The highest BCUT2D eigenvalue weighted by atomic mass is 19.4. The van der Waals surface area contributed by atoms with Crippen LogP contribution in [0, 0.1) is 5.92 Å². The lowest BCUT2D eigenvalue weighted by Gasteiger charge is -2.19. The molecule has 1 N–H and O–H groups in total. The molecular formula is C13H24F3NO. The Bertz CT molecular complexity index is 221. The Morgan fingerprint density at radius 1 is 1.22 bits per heavy atom. The summed E-state index contributed by atoms with van der Waals surface area (Å²) in [5, 5.41) is 3.32. The molecule has 1 aliphatic rings. The monoisotopic (exact) mass is 267 g/mol. The van der Waals surface area contributed by atoms with Gasteiger partial charge in [-0.1, -0.05) is 19.3 Å². The highest BCUT2D eigenvalue weighted by molar-refractivity contribution is 4.75. The lowest BCUT2D eigenvalue weighted by atomic mass is 9.93. The lowest BCUT2D eigenvalue weighted by molar-refractivity contribution is -0.174. The van der Waals surface area contributed by atoms with Gasteiger partial charge in [0.05, 0.1) is 0 Å². The summed E-state index contributed by atoms with van der Waals surface area (Å²) in [7, 11) is 1.99.